The van der Waals surface area contributed by atoms with Crippen molar-refractivity contribution in [1.82, 2.24) is 4.90 Å². The lowest BCUT2D eigenvalue weighted by Crippen LogP contribution is -2.52. The summed E-state index contributed by atoms with van der Waals surface area (Å²) in [6.07, 6.45) is 1.28. The summed E-state index contributed by atoms with van der Waals surface area (Å²) < 4.78 is 0. The normalized spacial score (nSPS) is 20.6. The Morgan fingerprint density at radius 1 is 0.846 bits per heavy atom. The number of hydrogen-bond acceptors (Lipinski definition) is 5. The molecule has 1 N–H and O–H groups in total. The number of amides is 1. The van der Waals surface area contributed by atoms with Crippen molar-refractivity contribution < 1.29 is 9.59 Å². The maximum Gasteiger partial charge on any atom is 0.242 e. The van der Waals surface area contributed by atoms with E-state index in [1.54, 1.807) is 0 Å². The van der Waals surface area contributed by atoms with E-state index in [2.05, 4.69) is 77.5 Å². The van der Waals surface area contributed by atoms with Crippen molar-refractivity contribution in [3.63, 3.8) is 0 Å². The summed E-state index contributed by atoms with van der Waals surface area (Å²) in [5.41, 5.74) is 5.75. The summed E-state index contributed by atoms with van der Waals surface area (Å²) in [6.45, 7) is 7.48. The van der Waals surface area contributed by atoms with Gasteiger partial charge in [0.1, 0.15) is 0 Å². The predicted octanol–water partition coefficient (Wildman–Crippen LogP) is 5.65. The number of piperazine rings is 1. The maximum absolute atomic E-state index is 13.9. The molecule has 6 rings (SSSR count). The second-order valence-corrected chi connectivity index (χ2v) is 11.6. The van der Waals surface area contributed by atoms with Gasteiger partial charge in [-0.2, -0.15) is 0 Å². The number of hydrogen-bond donors (Lipinski definition) is 1. The molecule has 6 heteroatoms. The minimum Gasteiger partial charge on any atom is -0.368 e. The van der Waals surface area contributed by atoms with Crippen LogP contribution in [0, 0.1) is 5.41 Å². The van der Waals surface area contributed by atoms with E-state index in [-0.39, 0.29) is 29.7 Å². The molecule has 2 heterocycles. The molecule has 3 aliphatic rings. The highest BCUT2D eigenvalue weighted by atomic mass is 16.2. The highest BCUT2D eigenvalue weighted by molar-refractivity contribution is 6.01. The Hall–Kier alpha value is -4.06. The molecule has 1 saturated heterocycles. The molecule has 3 aromatic rings. The standard InChI is InChI=1S/C33H36N4O2/c1-33(2)21-27-31(29(38)22-33)32(24-11-5-3-6-12-24)37(28-16-10-9-15-26(28)34-27)23-30(39)36-19-17-35(18-20-36)25-13-7-4-8-14-25/h3-16,32,34H,17-23H2,1-2H3. The molecule has 1 unspecified atom stereocenters. The largest absolute Gasteiger partial charge is 0.368 e. The topological polar surface area (TPSA) is 55.9 Å². The summed E-state index contributed by atoms with van der Waals surface area (Å²) in [6, 6.07) is 28.3. The van der Waals surface area contributed by atoms with Gasteiger partial charge in [0.2, 0.25) is 5.91 Å². The smallest absolute Gasteiger partial charge is 0.242 e. The number of carbonyl (C=O) groups is 2. The average molecular weight is 521 g/mol. The first-order valence-corrected chi connectivity index (χ1v) is 13.9. The average Bonchev–Trinajstić information content (AvgIpc) is 3.08. The van der Waals surface area contributed by atoms with Crippen molar-refractivity contribution in [2.24, 2.45) is 5.41 Å². The summed E-state index contributed by atoms with van der Waals surface area (Å²) in [7, 11) is 0. The first kappa shape index (κ1) is 25.2. The Labute approximate surface area is 230 Å². The number of nitrogens with one attached hydrogen (secondary N) is 1. The van der Waals surface area contributed by atoms with Crippen LogP contribution in [0.2, 0.25) is 0 Å². The fraction of sp³-hybridized carbons (Fsp3) is 0.333. The van der Waals surface area contributed by atoms with Crippen LogP contribution in [0.1, 0.15) is 38.3 Å². The number of para-hydroxylation sites is 3. The van der Waals surface area contributed by atoms with Gasteiger partial charge >= 0.3 is 0 Å². The second-order valence-electron chi connectivity index (χ2n) is 11.6. The molecule has 0 bridgehead atoms. The first-order chi connectivity index (χ1) is 18.9. The van der Waals surface area contributed by atoms with Gasteiger partial charge in [0.25, 0.3) is 0 Å². The van der Waals surface area contributed by atoms with Gasteiger partial charge in [0.05, 0.1) is 24.0 Å². The molecule has 6 nitrogen and oxygen atoms in total. The highest BCUT2D eigenvalue weighted by Crippen LogP contribution is 2.48. The number of fused-ring (bicyclic) bond motifs is 1. The van der Waals surface area contributed by atoms with Gasteiger partial charge in [-0.3, -0.25) is 9.59 Å². The number of anilines is 3. The fourth-order valence-electron chi connectivity index (χ4n) is 6.31. The Bertz CT molecular complexity index is 1390. The molecule has 3 aromatic carbocycles. The van der Waals surface area contributed by atoms with E-state index < -0.39 is 0 Å². The predicted molar refractivity (Wildman–Crippen MR) is 157 cm³/mol. The molecule has 200 valence electrons. The van der Waals surface area contributed by atoms with Gasteiger partial charge in [0, 0.05) is 49.6 Å². The van der Waals surface area contributed by atoms with E-state index >= 15 is 0 Å². The van der Waals surface area contributed by atoms with E-state index in [1.807, 2.05) is 41.3 Å². The van der Waals surface area contributed by atoms with Gasteiger partial charge in [-0.15, -0.1) is 0 Å². The fourth-order valence-corrected chi connectivity index (χ4v) is 6.31. The first-order valence-electron chi connectivity index (χ1n) is 13.9. The molecule has 1 amide bonds. The van der Waals surface area contributed by atoms with Crippen LogP contribution in [-0.4, -0.2) is 49.3 Å². The molecule has 1 aliphatic carbocycles. The van der Waals surface area contributed by atoms with Crippen LogP contribution in [0.3, 0.4) is 0 Å². The number of nitrogens with zero attached hydrogens (tertiary/aromatic N) is 3. The molecule has 1 atom stereocenters. The zero-order chi connectivity index (χ0) is 27.0. The molecule has 0 aromatic heterocycles. The zero-order valence-corrected chi connectivity index (χ0v) is 22.8. The quantitative estimate of drug-likeness (QED) is 0.482. The maximum atomic E-state index is 13.9. The lowest BCUT2D eigenvalue weighted by molar-refractivity contribution is -0.130. The van der Waals surface area contributed by atoms with E-state index in [0.717, 1.165) is 47.7 Å². The molecular weight excluding hydrogens is 484 g/mol. The Morgan fingerprint density at radius 3 is 2.21 bits per heavy atom. The molecule has 39 heavy (non-hydrogen) atoms. The third-order valence-corrected chi connectivity index (χ3v) is 8.18. The summed E-state index contributed by atoms with van der Waals surface area (Å²) >= 11 is 0. The van der Waals surface area contributed by atoms with Gasteiger partial charge in [-0.05, 0) is 41.7 Å². The van der Waals surface area contributed by atoms with E-state index in [0.29, 0.717) is 19.5 Å². The summed E-state index contributed by atoms with van der Waals surface area (Å²) in [5.74, 6) is 0.246. The Kier molecular flexibility index (Phi) is 6.63. The zero-order valence-electron chi connectivity index (χ0n) is 22.8. The highest BCUT2D eigenvalue weighted by Gasteiger charge is 2.42. The Morgan fingerprint density at radius 2 is 1.49 bits per heavy atom. The molecule has 1 fully saturated rings. The summed E-state index contributed by atoms with van der Waals surface area (Å²) in [4.78, 5) is 34.2. The van der Waals surface area contributed by atoms with Crippen LogP contribution in [0.5, 0.6) is 0 Å². The van der Waals surface area contributed by atoms with Crippen molar-refractivity contribution in [3.8, 4) is 0 Å². The minimum atomic E-state index is -0.337. The Balaban J connectivity index is 1.34. The van der Waals surface area contributed by atoms with Crippen LogP contribution in [0.4, 0.5) is 17.1 Å². The van der Waals surface area contributed by atoms with Crippen molar-refractivity contribution in [2.45, 2.75) is 32.7 Å². The number of allylic oxidation sites excluding steroid dienone is 1. The molecule has 0 spiro atoms. The van der Waals surface area contributed by atoms with Crippen LogP contribution < -0.4 is 15.1 Å². The third kappa shape index (κ3) is 5.03. The van der Waals surface area contributed by atoms with Crippen molar-refractivity contribution in [3.05, 3.63) is 102 Å². The van der Waals surface area contributed by atoms with Gasteiger partial charge in [-0.25, -0.2) is 0 Å². The minimum absolute atomic E-state index is 0.0890. The number of Topliss-reactive ketones (excluding diaryl/α,β-unsaturated/α-hetero) is 1. The van der Waals surface area contributed by atoms with Crippen molar-refractivity contribution in [1.29, 1.82) is 0 Å². The second kappa shape index (κ2) is 10.3. The number of benzene rings is 3. The number of ketones is 1. The lowest BCUT2D eigenvalue weighted by Gasteiger charge is -2.40. The van der Waals surface area contributed by atoms with Crippen LogP contribution in [0.15, 0.2) is 96.2 Å². The van der Waals surface area contributed by atoms with Crippen LogP contribution in [0.25, 0.3) is 0 Å². The monoisotopic (exact) mass is 520 g/mol. The summed E-state index contributed by atoms with van der Waals surface area (Å²) in [5, 5.41) is 3.64. The van der Waals surface area contributed by atoms with Crippen molar-refractivity contribution >= 4 is 28.8 Å². The number of rotatable bonds is 4. The van der Waals surface area contributed by atoms with Gasteiger partial charge in [-0.1, -0.05) is 74.5 Å². The van der Waals surface area contributed by atoms with E-state index in [9.17, 15) is 9.59 Å². The SMILES string of the molecule is CC1(C)CC(=O)C2=C(C1)Nc1ccccc1N(CC(=O)N1CCN(c3ccccc3)CC1)C2c1ccccc1. The van der Waals surface area contributed by atoms with Crippen LogP contribution >= 0.6 is 0 Å². The van der Waals surface area contributed by atoms with Gasteiger partial charge in [0.15, 0.2) is 5.78 Å². The van der Waals surface area contributed by atoms with Gasteiger partial charge < -0.3 is 20.0 Å². The number of carbonyl (C=O) groups excluding carboxylic acids is 2. The third-order valence-electron chi connectivity index (χ3n) is 8.18. The van der Waals surface area contributed by atoms with Crippen molar-refractivity contribution in [2.75, 3.05) is 47.8 Å². The van der Waals surface area contributed by atoms with E-state index in [4.69, 9.17) is 0 Å². The van der Waals surface area contributed by atoms with E-state index in [1.165, 1.54) is 5.69 Å². The van der Waals surface area contributed by atoms with Crippen LogP contribution in [-0.2, 0) is 9.59 Å². The molecular formula is C33H36N4O2. The lowest BCUT2D eigenvalue weighted by atomic mass is 9.73. The molecule has 0 saturated carbocycles. The molecule has 0 radical (unpaired) electrons. The molecule has 2 aliphatic heterocycles.